The van der Waals surface area contributed by atoms with E-state index in [0.29, 0.717) is 19.6 Å². The zero-order chi connectivity index (χ0) is 35.9. The van der Waals surface area contributed by atoms with Crippen LogP contribution in [0.3, 0.4) is 0 Å². The molecule has 53 heavy (non-hydrogen) atoms. The molecule has 0 spiro atoms. The van der Waals surface area contributed by atoms with E-state index in [1.807, 2.05) is 82.4 Å². The fourth-order valence-corrected chi connectivity index (χ4v) is 8.71. The number of ether oxygens (including phenoxy) is 2. The highest BCUT2D eigenvalue weighted by atomic mass is 32.2. The largest absolute Gasteiger partial charge is 0.493 e. The summed E-state index contributed by atoms with van der Waals surface area (Å²) >= 11 is 6.57. The maximum absolute atomic E-state index is 6.23. The van der Waals surface area contributed by atoms with E-state index in [2.05, 4.69) is 68.9 Å². The topological polar surface area (TPSA) is 105 Å². The highest BCUT2D eigenvalue weighted by Crippen LogP contribution is 2.29. The van der Waals surface area contributed by atoms with Gasteiger partial charge in [0.05, 0.1) is 25.6 Å². The fraction of sp³-hybridized carbons (Fsp3) is 0.231. The lowest BCUT2D eigenvalue weighted by Crippen LogP contribution is -2.07. The molecule has 0 saturated heterocycles. The lowest BCUT2D eigenvalue weighted by atomic mass is 10.2. The average Bonchev–Trinajstić information content (AvgIpc) is 3.79. The molecule has 0 radical (unpaired) electrons. The van der Waals surface area contributed by atoms with E-state index in [4.69, 9.17) is 19.7 Å². The van der Waals surface area contributed by atoms with Crippen molar-refractivity contribution in [3.05, 3.63) is 131 Å². The van der Waals surface area contributed by atoms with E-state index in [0.717, 1.165) is 79.1 Å². The van der Waals surface area contributed by atoms with Crippen LogP contribution in [0.25, 0.3) is 0 Å². The number of thioether (sulfide) groups is 4. The Morgan fingerprint density at radius 1 is 0.509 bits per heavy atom. The third kappa shape index (κ3) is 10.6. The summed E-state index contributed by atoms with van der Waals surface area (Å²) < 4.78 is 16.2. The number of rotatable bonds is 6. The summed E-state index contributed by atoms with van der Waals surface area (Å²) in [5.41, 5.74) is 4.19. The van der Waals surface area contributed by atoms with Gasteiger partial charge in [-0.25, -0.2) is 0 Å². The molecule has 0 atom stereocenters. The van der Waals surface area contributed by atoms with Crippen molar-refractivity contribution in [1.82, 2.24) is 29.7 Å². The summed E-state index contributed by atoms with van der Waals surface area (Å²) in [6, 6.07) is 36.6. The minimum atomic E-state index is 0.482. The SMILES string of the molecule is C1=N\n2c(nnc2SCc2ccccc2)SCCCCSc2nnc(SCc3ccccc3)n2/N=C/c2ccccc2OCCCOc2ccccc2/1. The van der Waals surface area contributed by atoms with Crippen LogP contribution in [0.4, 0.5) is 0 Å². The first-order chi connectivity index (χ1) is 26.3. The van der Waals surface area contributed by atoms with Gasteiger partial charge >= 0.3 is 0 Å². The number of benzene rings is 4. The molecule has 0 unspecified atom stereocenters. The average molecular weight is 779 g/mol. The molecular weight excluding hydrogens is 741 g/mol. The number of aromatic nitrogens is 6. The number of fused-ring (bicyclic) bond motifs is 4. The Morgan fingerprint density at radius 2 is 0.943 bits per heavy atom. The van der Waals surface area contributed by atoms with Gasteiger partial charge in [0.25, 0.3) is 0 Å². The minimum Gasteiger partial charge on any atom is -0.493 e. The van der Waals surface area contributed by atoms with Crippen molar-refractivity contribution in [3.8, 4) is 11.5 Å². The third-order valence-electron chi connectivity index (χ3n) is 7.86. The third-order valence-corrected chi connectivity index (χ3v) is 11.8. The van der Waals surface area contributed by atoms with Gasteiger partial charge in [0.1, 0.15) is 11.5 Å². The minimum absolute atomic E-state index is 0.482. The predicted molar refractivity (Wildman–Crippen MR) is 217 cm³/mol. The molecule has 10 nitrogen and oxygen atoms in total. The van der Waals surface area contributed by atoms with Crippen molar-refractivity contribution < 1.29 is 9.47 Å². The van der Waals surface area contributed by atoms with Gasteiger partial charge in [0, 0.05) is 40.6 Å². The molecule has 1 aliphatic rings. The van der Waals surface area contributed by atoms with E-state index in [9.17, 15) is 0 Å². The van der Waals surface area contributed by atoms with Crippen LogP contribution in [0, 0.1) is 0 Å². The molecule has 0 N–H and O–H groups in total. The normalized spacial score (nSPS) is 15.4. The molecule has 270 valence electrons. The van der Waals surface area contributed by atoms with Gasteiger partial charge in [-0.3, -0.25) is 0 Å². The Labute approximate surface area is 326 Å². The van der Waals surface area contributed by atoms with Crippen molar-refractivity contribution in [2.24, 2.45) is 10.2 Å². The maximum atomic E-state index is 6.23. The van der Waals surface area contributed by atoms with Crippen LogP contribution in [-0.4, -0.2) is 66.9 Å². The zero-order valence-corrected chi connectivity index (χ0v) is 32.2. The molecule has 2 aromatic heterocycles. The predicted octanol–water partition coefficient (Wildman–Crippen LogP) is 9.04. The van der Waals surface area contributed by atoms with Gasteiger partial charge in [-0.1, -0.05) is 132 Å². The number of nitrogens with zero attached hydrogens (tertiary/aromatic N) is 8. The first-order valence-electron chi connectivity index (χ1n) is 17.3. The summed E-state index contributed by atoms with van der Waals surface area (Å²) in [7, 11) is 0. The van der Waals surface area contributed by atoms with Crippen molar-refractivity contribution in [3.63, 3.8) is 0 Å². The monoisotopic (exact) mass is 778 g/mol. The summed E-state index contributed by atoms with van der Waals surface area (Å²) in [5, 5.41) is 30.9. The van der Waals surface area contributed by atoms with Gasteiger partial charge in [-0.2, -0.15) is 19.6 Å². The van der Waals surface area contributed by atoms with Crippen LogP contribution < -0.4 is 9.47 Å². The molecule has 3 heterocycles. The summed E-state index contributed by atoms with van der Waals surface area (Å²) in [6.45, 7) is 0.965. The second-order valence-electron chi connectivity index (χ2n) is 11.7. The second kappa shape index (κ2) is 19.5. The van der Waals surface area contributed by atoms with E-state index in [1.165, 1.54) is 11.1 Å². The molecule has 1 aliphatic heterocycles. The molecule has 0 saturated carbocycles. The molecule has 7 rings (SSSR count). The lowest BCUT2D eigenvalue weighted by molar-refractivity contribution is 0.247. The number of hydrogen-bond donors (Lipinski definition) is 0. The van der Waals surface area contributed by atoms with E-state index >= 15 is 0 Å². The first kappa shape index (κ1) is 36.8. The molecule has 0 fully saturated rings. The molecular formula is C39H38N8O2S4. The smallest absolute Gasteiger partial charge is 0.213 e. The van der Waals surface area contributed by atoms with Gasteiger partial charge in [-0.05, 0) is 48.2 Å². The van der Waals surface area contributed by atoms with Crippen molar-refractivity contribution in [1.29, 1.82) is 0 Å². The fourth-order valence-electron chi connectivity index (χ4n) is 5.14. The Kier molecular flexibility index (Phi) is 13.6. The number of hydrogen-bond acceptors (Lipinski definition) is 12. The van der Waals surface area contributed by atoms with E-state index < -0.39 is 0 Å². The quantitative estimate of drug-likeness (QED) is 0.152. The van der Waals surface area contributed by atoms with E-state index in [-0.39, 0.29) is 0 Å². The van der Waals surface area contributed by atoms with Gasteiger partial charge < -0.3 is 9.47 Å². The molecule has 0 amide bonds. The highest BCUT2D eigenvalue weighted by molar-refractivity contribution is 8.00. The van der Waals surface area contributed by atoms with Crippen LogP contribution in [0.1, 0.15) is 41.5 Å². The Balaban J connectivity index is 1.11. The first-order valence-corrected chi connectivity index (χ1v) is 21.3. The molecule has 0 bridgehead atoms. The second-order valence-corrected chi connectivity index (χ2v) is 15.7. The van der Waals surface area contributed by atoms with Gasteiger partial charge in [-0.15, -0.1) is 20.4 Å². The summed E-state index contributed by atoms with van der Waals surface area (Å²) in [4.78, 5) is 0. The van der Waals surface area contributed by atoms with E-state index in [1.54, 1.807) is 47.0 Å². The zero-order valence-electron chi connectivity index (χ0n) is 28.9. The summed E-state index contributed by atoms with van der Waals surface area (Å²) in [5.74, 6) is 4.79. The Hall–Kier alpha value is -4.50. The molecule has 6 aromatic rings. The highest BCUT2D eigenvalue weighted by Gasteiger charge is 2.16. The molecule has 4 aromatic carbocycles. The van der Waals surface area contributed by atoms with Crippen molar-refractivity contribution in [2.75, 3.05) is 24.7 Å². The van der Waals surface area contributed by atoms with Crippen LogP contribution in [0.5, 0.6) is 11.5 Å². The Bertz CT molecular complexity index is 1960. The van der Waals surface area contributed by atoms with Crippen molar-refractivity contribution in [2.45, 2.75) is 51.4 Å². The van der Waals surface area contributed by atoms with Crippen LogP contribution in [0.15, 0.2) is 140 Å². The summed E-state index contributed by atoms with van der Waals surface area (Å²) in [6.07, 6.45) is 6.31. The number of para-hydroxylation sites is 2. The van der Waals surface area contributed by atoms with Crippen molar-refractivity contribution >= 4 is 59.5 Å². The van der Waals surface area contributed by atoms with Gasteiger partial charge in [0.2, 0.25) is 20.6 Å². The maximum Gasteiger partial charge on any atom is 0.213 e. The van der Waals surface area contributed by atoms with Crippen LogP contribution in [0.2, 0.25) is 0 Å². The lowest BCUT2D eigenvalue weighted by Gasteiger charge is -2.11. The van der Waals surface area contributed by atoms with Crippen LogP contribution in [-0.2, 0) is 11.5 Å². The van der Waals surface area contributed by atoms with Gasteiger partial charge in [0.15, 0.2) is 0 Å². The molecule has 0 aliphatic carbocycles. The molecule has 14 heteroatoms. The Morgan fingerprint density at radius 3 is 1.42 bits per heavy atom. The standard InChI is InChI=1S/C39H38N8O2S4/c1-3-14-30(15-4-1)28-52-38-44-42-36-46(38)40-26-32-18-7-9-20-34(32)48-22-13-23-49-35-21-10-8-19-33(35)27-41-47-37(51-25-12-11-24-50-36)43-45-39(47)53-29-31-16-5-2-6-17-31/h1-10,14-21,26-27H,11-13,22-25,28-29H2/b40-26-,41-27+. The van der Waals surface area contributed by atoms with Crippen LogP contribution >= 0.6 is 47.0 Å².